The Bertz CT molecular complexity index is 444. The second-order valence-electron chi connectivity index (χ2n) is 5.78. The summed E-state index contributed by atoms with van der Waals surface area (Å²) >= 11 is 7.47. The van der Waals surface area contributed by atoms with Gasteiger partial charge in [-0.1, -0.05) is 0 Å². The van der Waals surface area contributed by atoms with Crippen molar-refractivity contribution in [2.24, 2.45) is 11.7 Å². The van der Waals surface area contributed by atoms with Gasteiger partial charge in [-0.05, 0) is 57.7 Å². The zero-order valence-electron chi connectivity index (χ0n) is 12.4. The average Bonchev–Trinajstić information content (AvgIpc) is 2.93. The SMILES string of the molecule is NC(=O)CC1CCN(CCCCc2nc(CCl)cs2)CC1. The molecule has 0 bridgehead atoms. The third-order valence-electron chi connectivity index (χ3n) is 4.05. The van der Waals surface area contributed by atoms with Gasteiger partial charge in [0.25, 0.3) is 0 Å². The highest BCUT2D eigenvalue weighted by molar-refractivity contribution is 7.09. The molecule has 2 rings (SSSR count). The molecule has 2 N–H and O–H groups in total. The third kappa shape index (κ3) is 5.93. The second-order valence-corrected chi connectivity index (χ2v) is 6.99. The van der Waals surface area contributed by atoms with Crippen LogP contribution in [0.15, 0.2) is 5.38 Å². The van der Waals surface area contributed by atoms with Crippen LogP contribution in [0.5, 0.6) is 0 Å². The van der Waals surface area contributed by atoms with E-state index in [4.69, 9.17) is 17.3 Å². The molecule has 1 aromatic rings. The largest absolute Gasteiger partial charge is 0.370 e. The fourth-order valence-corrected chi connectivity index (χ4v) is 3.90. The van der Waals surface area contributed by atoms with Crippen molar-refractivity contribution in [2.75, 3.05) is 19.6 Å². The third-order valence-corrected chi connectivity index (χ3v) is 5.28. The molecule has 2 heterocycles. The van der Waals surface area contributed by atoms with Crippen LogP contribution in [-0.2, 0) is 17.1 Å². The number of hydrogen-bond donors (Lipinski definition) is 1. The molecule has 1 amide bonds. The van der Waals surface area contributed by atoms with E-state index < -0.39 is 0 Å². The van der Waals surface area contributed by atoms with Gasteiger partial charge in [-0.3, -0.25) is 4.79 Å². The number of halogens is 1. The quantitative estimate of drug-likeness (QED) is 0.589. The Morgan fingerprint density at radius 1 is 1.43 bits per heavy atom. The standard InChI is InChI=1S/C15H24ClN3OS/c16-10-13-11-21-15(18-13)3-1-2-6-19-7-4-12(5-8-19)9-14(17)20/h11-12H,1-10H2,(H2,17,20). The van der Waals surface area contributed by atoms with Gasteiger partial charge in [-0.15, -0.1) is 22.9 Å². The van der Waals surface area contributed by atoms with Gasteiger partial charge in [0.05, 0.1) is 16.6 Å². The number of rotatable bonds is 8. The molecular formula is C15H24ClN3OS. The van der Waals surface area contributed by atoms with E-state index >= 15 is 0 Å². The number of carbonyl (C=O) groups excluding carboxylic acids is 1. The van der Waals surface area contributed by atoms with Gasteiger partial charge in [0, 0.05) is 11.8 Å². The lowest BCUT2D eigenvalue weighted by atomic mass is 9.93. The van der Waals surface area contributed by atoms with Crippen LogP contribution in [0.25, 0.3) is 0 Å². The molecule has 0 radical (unpaired) electrons. The predicted octanol–water partition coefficient (Wildman–Crippen LogP) is 2.79. The summed E-state index contributed by atoms with van der Waals surface area (Å²) in [6, 6.07) is 0. The lowest BCUT2D eigenvalue weighted by molar-refractivity contribution is -0.119. The average molecular weight is 330 g/mol. The molecule has 0 aromatic carbocycles. The molecule has 1 saturated heterocycles. The first-order chi connectivity index (χ1) is 10.2. The summed E-state index contributed by atoms with van der Waals surface area (Å²) in [7, 11) is 0. The number of primary amides is 1. The molecule has 1 fully saturated rings. The molecule has 0 spiro atoms. The Morgan fingerprint density at radius 3 is 2.81 bits per heavy atom. The highest BCUT2D eigenvalue weighted by Gasteiger charge is 2.20. The van der Waals surface area contributed by atoms with Crippen molar-refractivity contribution >= 4 is 28.8 Å². The highest BCUT2D eigenvalue weighted by Crippen LogP contribution is 2.20. The first kappa shape index (κ1) is 16.7. The summed E-state index contributed by atoms with van der Waals surface area (Å²) in [5.74, 6) is 0.854. The van der Waals surface area contributed by atoms with Crippen LogP contribution in [0.2, 0.25) is 0 Å². The van der Waals surface area contributed by atoms with Crippen LogP contribution in [0.1, 0.15) is 42.8 Å². The number of thiazole rings is 1. The van der Waals surface area contributed by atoms with Crippen LogP contribution in [0.4, 0.5) is 0 Å². The Morgan fingerprint density at radius 2 is 2.19 bits per heavy atom. The number of hydrogen-bond acceptors (Lipinski definition) is 4. The molecule has 4 nitrogen and oxygen atoms in total. The van der Waals surface area contributed by atoms with E-state index in [9.17, 15) is 4.79 Å². The minimum absolute atomic E-state index is 0.159. The molecule has 1 aliphatic heterocycles. The van der Waals surface area contributed by atoms with Gasteiger partial charge in [-0.25, -0.2) is 4.98 Å². The predicted molar refractivity (Wildman–Crippen MR) is 87.6 cm³/mol. The van der Waals surface area contributed by atoms with Gasteiger partial charge < -0.3 is 10.6 Å². The van der Waals surface area contributed by atoms with Gasteiger partial charge in [0.15, 0.2) is 0 Å². The van der Waals surface area contributed by atoms with E-state index in [1.54, 1.807) is 11.3 Å². The van der Waals surface area contributed by atoms with Crippen LogP contribution in [0.3, 0.4) is 0 Å². The minimum Gasteiger partial charge on any atom is -0.370 e. The van der Waals surface area contributed by atoms with Crippen molar-refractivity contribution in [3.63, 3.8) is 0 Å². The number of unbranched alkanes of at least 4 members (excludes halogenated alkanes) is 1. The number of nitrogens with zero attached hydrogens (tertiary/aromatic N) is 2. The number of piperidine rings is 1. The molecule has 118 valence electrons. The van der Waals surface area contributed by atoms with E-state index in [2.05, 4.69) is 9.88 Å². The lowest BCUT2D eigenvalue weighted by Gasteiger charge is -2.31. The van der Waals surface area contributed by atoms with E-state index in [1.165, 1.54) is 17.8 Å². The zero-order chi connectivity index (χ0) is 15.1. The summed E-state index contributed by atoms with van der Waals surface area (Å²) in [4.78, 5) is 17.9. The van der Waals surface area contributed by atoms with Crippen LogP contribution >= 0.6 is 22.9 Å². The zero-order valence-corrected chi connectivity index (χ0v) is 14.0. The van der Waals surface area contributed by atoms with Crippen LogP contribution < -0.4 is 5.73 Å². The minimum atomic E-state index is -0.159. The van der Waals surface area contributed by atoms with E-state index in [0.717, 1.165) is 44.6 Å². The van der Waals surface area contributed by atoms with E-state index in [-0.39, 0.29) is 5.91 Å². The van der Waals surface area contributed by atoms with Crippen molar-refractivity contribution in [2.45, 2.75) is 44.4 Å². The first-order valence-electron chi connectivity index (χ1n) is 7.67. The van der Waals surface area contributed by atoms with Crippen LogP contribution in [0, 0.1) is 5.92 Å². The van der Waals surface area contributed by atoms with Gasteiger partial charge in [-0.2, -0.15) is 0 Å². The number of likely N-dealkylation sites (tertiary alicyclic amines) is 1. The molecule has 0 saturated carbocycles. The number of carbonyl (C=O) groups is 1. The number of aromatic nitrogens is 1. The molecule has 0 unspecified atom stereocenters. The van der Waals surface area contributed by atoms with Crippen molar-refractivity contribution in [1.29, 1.82) is 0 Å². The fourth-order valence-electron chi connectivity index (χ4n) is 2.84. The van der Waals surface area contributed by atoms with Crippen molar-refractivity contribution in [1.82, 2.24) is 9.88 Å². The summed E-state index contributed by atoms with van der Waals surface area (Å²) in [6.07, 6.45) is 6.20. The number of alkyl halides is 1. The first-order valence-corrected chi connectivity index (χ1v) is 9.08. The van der Waals surface area contributed by atoms with Gasteiger partial charge in [0.1, 0.15) is 0 Å². The molecular weight excluding hydrogens is 306 g/mol. The summed E-state index contributed by atoms with van der Waals surface area (Å²) < 4.78 is 0. The smallest absolute Gasteiger partial charge is 0.217 e. The Hall–Kier alpha value is -0.650. The Kier molecular flexibility index (Phi) is 6.93. The molecule has 1 aliphatic rings. The molecule has 0 atom stereocenters. The Labute approximate surface area is 135 Å². The summed E-state index contributed by atoms with van der Waals surface area (Å²) in [5.41, 5.74) is 6.25. The second kappa shape index (κ2) is 8.71. The maximum Gasteiger partial charge on any atom is 0.217 e. The summed E-state index contributed by atoms with van der Waals surface area (Å²) in [6.45, 7) is 3.36. The fraction of sp³-hybridized carbons (Fsp3) is 0.733. The number of aryl methyl sites for hydroxylation is 1. The normalized spacial score (nSPS) is 17.2. The molecule has 21 heavy (non-hydrogen) atoms. The van der Waals surface area contributed by atoms with Crippen molar-refractivity contribution < 1.29 is 4.79 Å². The van der Waals surface area contributed by atoms with Crippen molar-refractivity contribution in [3.8, 4) is 0 Å². The maximum atomic E-state index is 10.9. The molecule has 0 aliphatic carbocycles. The monoisotopic (exact) mass is 329 g/mol. The Balaban J connectivity index is 1.56. The van der Waals surface area contributed by atoms with E-state index in [1.807, 2.05) is 5.38 Å². The van der Waals surface area contributed by atoms with Gasteiger partial charge >= 0.3 is 0 Å². The van der Waals surface area contributed by atoms with Crippen molar-refractivity contribution in [3.05, 3.63) is 16.1 Å². The molecule has 1 aromatic heterocycles. The summed E-state index contributed by atoms with van der Waals surface area (Å²) in [5, 5.41) is 3.25. The van der Waals surface area contributed by atoms with Gasteiger partial charge in [0.2, 0.25) is 5.91 Å². The molecule has 6 heteroatoms. The topological polar surface area (TPSA) is 59.2 Å². The lowest BCUT2D eigenvalue weighted by Crippen LogP contribution is -2.35. The van der Waals surface area contributed by atoms with E-state index in [0.29, 0.717) is 18.2 Å². The number of amides is 1. The number of nitrogens with two attached hydrogens (primary N) is 1. The maximum absolute atomic E-state index is 10.9. The van der Waals surface area contributed by atoms with Crippen LogP contribution in [-0.4, -0.2) is 35.4 Å². The highest BCUT2D eigenvalue weighted by atomic mass is 35.5.